The monoisotopic (exact) mass is 373 g/mol. The molecule has 0 saturated carbocycles. The number of hydroxylamine groups is 1. The SMILES string of the molecule is CCOC(Cc1ccc(OCC(ONC=O)c2ccccc2)cc1)C(=O)O. The van der Waals surface area contributed by atoms with Crippen molar-refractivity contribution in [3.63, 3.8) is 0 Å². The van der Waals surface area contributed by atoms with E-state index in [1.807, 2.05) is 30.3 Å². The quantitative estimate of drug-likeness (QED) is 0.439. The summed E-state index contributed by atoms with van der Waals surface area (Å²) in [5.41, 5.74) is 3.91. The number of rotatable bonds is 12. The Kier molecular flexibility index (Phi) is 8.28. The first-order valence-corrected chi connectivity index (χ1v) is 8.60. The minimum Gasteiger partial charge on any atom is -0.490 e. The Morgan fingerprint density at radius 1 is 1.15 bits per heavy atom. The van der Waals surface area contributed by atoms with Crippen molar-refractivity contribution in [3.05, 3.63) is 65.7 Å². The highest BCUT2D eigenvalue weighted by molar-refractivity contribution is 5.72. The molecule has 2 aromatic carbocycles. The van der Waals surface area contributed by atoms with Crippen molar-refractivity contribution in [1.82, 2.24) is 5.48 Å². The molecule has 0 radical (unpaired) electrons. The van der Waals surface area contributed by atoms with Crippen LogP contribution in [0.2, 0.25) is 0 Å². The number of amides is 1. The zero-order valence-electron chi connectivity index (χ0n) is 15.0. The number of ether oxygens (including phenoxy) is 2. The highest BCUT2D eigenvalue weighted by Crippen LogP contribution is 2.20. The van der Waals surface area contributed by atoms with Crippen LogP contribution in [0.3, 0.4) is 0 Å². The largest absolute Gasteiger partial charge is 0.490 e. The van der Waals surface area contributed by atoms with Crippen molar-refractivity contribution < 1.29 is 29.0 Å². The Balaban J connectivity index is 1.96. The number of aliphatic carboxylic acids is 1. The molecule has 1 amide bonds. The molecule has 2 unspecified atom stereocenters. The summed E-state index contributed by atoms with van der Waals surface area (Å²) in [7, 11) is 0. The number of carbonyl (C=O) groups excluding carboxylic acids is 1. The van der Waals surface area contributed by atoms with E-state index in [-0.39, 0.29) is 13.0 Å². The molecule has 27 heavy (non-hydrogen) atoms. The van der Waals surface area contributed by atoms with E-state index >= 15 is 0 Å². The second-order valence-corrected chi connectivity index (χ2v) is 5.69. The standard InChI is InChI=1S/C20H23NO6/c1-2-25-18(20(23)24)12-15-8-10-17(11-9-15)26-13-19(27-21-14-22)16-6-4-3-5-7-16/h3-11,14,18-19H,2,12-13H2,1H3,(H,21,22)(H,23,24). The fraction of sp³-hybridized carbons (Fsp3) is 0.300. The van der Waals surface area contributed by atoms with Crippen LogP contribution in [-0.2, 0) is 25.6 Å². The van der Waals surface area contributed by atoms with E-state index in [0.717, 1.165) is 11.1 Å². The van der Waals surface area contributed by atoms with Crippen LogP contribution in [0.5, 0.6) is 5.75 Å². The average molecular weight is 373 g/mol. The number of hydrogen-bond donors (Lipinski definition) is 2. The Morgan fingerprint density at radius 2 is 1.85 bits per heavy atom. The Labute approximate surface area is 157 Å². The fourth-order valence-electron chi connectivity index (χ4n) is 2.50. The van der Waals surface area contributed by atoms with Gasteiger partial charge in [0.25, 0.3) is 0 Å². The van der Waals surface area contributed by atoms with Gasteiger partial charge in [-0.15, -0.1) is 0 Å². The van der Waals surface area contributed by atoms with Gasteiger partial charge < -0.3 is 14.6 Å². The summed E-state index contributed by atoms with van der Waals surface area (Å²) >= 11 is 0. The van der Waals surface area contributed by atoms with E-state index in [1.54, 1.807) is 31.2 Å². The zero-order valence-corrected chi connectivity index (χ0v) is 15.0. The smallest absolute Gasteiger partial charge is 0.333 e. The minimum absolute atomic E-state index is 0.195. The molecule has 2 rings (SSSR count). The summed E-state index contributed by atoms with van der Waals surface area (Å²) in [6.07, 6.45) is -0.595. The van der Waals surface area contributed by atoms with Crippen molar-refractivity contribution in [2.24, 2.45) is 0 Å². The number of carboxylic acids is 1. The maximum absolute atomic E-state index is 11.2. The van der Waals surface area contributed by atoms with Gasteiger partial charge >= 0.3 is 5.97 Å². The third kappa shape index (κ3) is 6.73. The molecule has 0 aromatic heterocycles. The van der Waals surface area contributed by atoms with Crippen LogP contribution in [0.15, 0.2) is 54.6 Å². The molecule has 2 aromatic rings. The first-order valence-electron chi connectivity index (χ1n) is 8.60. The van der Waals surface area contributed by atoms with Gasteiger partial charge in [0.2, 0.25) is 6.41 Å². The van der Waals surface area contributed by atoms with Gasteiger partial charge in [0, 0.05) is 13.0 Å². The summed E-state index contributed by atoms with van der Waals surface area (Å²) in [4.78, 5) is 27.0. The predicted octanol–water partition coefficient (Wildman–Crippen LogP) is 2.52. The topological polar surface area (TPSA) is 94.1 Å². The Morgan fingerprint density at radius 3 is 2.44 bits per heavy atom. The van der Waals surface area contributed by atoms with Crippen LogP contribution in [0.4, 0.5) is 0 Å². The number of hydrogen-bond acceptors (Lipinski definition) is 5. The van der Waals surface area contributed by atoms with E-state index in [2.05, 4.69) is 5.48 Å². The molecule has 0 spiro atoms. The fourth-order valence-corrected chi connectivity index (χ4v) is 2.50. The normalized spacial score (nSPS) is 12.8. The Bertz CT molecular complexity index is 704. The first-order chi connectivity index (χ1) is 13.1. The lowest BCUT2D eigenvalue weighted by Gasteiger charge is -2.18. The minimum atomic E-state index is -0.984. The lowest BCUT2D eigenvalue weighted by atomic mass is 10.1. The molecular formula is C20H23NO6. The van der Waals surface area contributed by atoms with Gasteiger partial charge in [-0.3, -0.25) is 9.63 Å². The molecule has 0 heterocycles. The maximum atomic E-state index is 11.2. The van der Waals surface area contributed by atoms with Gasteiger partial charge in [-0.2, -0.15) is 0 Å². The second-order valence-electron chi connectivity index (χ2n) is 5.69. The van der Waals surface area contributed by atoms with Crippen LogP contribution >= 0.6 is 0 Å². The van der Waals surface area contributed by atoms with Gasteiger partial charge in [0.15, 0.2) is 6.10 Å². The third-order valence-corrected chi connectivity index (χ3v) is 3.82. The van der Waals surface area contributed by atoms with E-state index in [9.17, 15) is 9.59 Å². The number of carbonyl (C=O) groups is 2. The Hall–Kier alpha value is -2.90. The van der Waals surface area contributed by atoms with Crippen molar-refractivity contribution in [1.29, 1.82) is 0 Å². The average Bonchev–Trinajstić information content (AvgIpc) is 2.69. The van der Waals surface area contributed by atoms with Gasteiger partial charge in [-0.05, 0) is 30.2 Å². The van der Waals surface area contributed by atoms with Crippen LogP contribution < -0.4 is 10.2 Å². The first kappa shape index (κ1) is 20.4. The molecule has 2 N–H and O–H groups in total. The molecule has 7 heteroatoms. The number of benzene rings is 2. The molecule has 0 saturated heterocycles. The van der Waals surface area contributed by atoms with E-state index < -0.39 is 18.2 Å². The highest BCUT2D eigenvalue weighted by Gasteiger charge is 2.18. The lowest BCUT2D eigenvalue weighted by molar-refractivity contribution is -0.149. The number of nitrogens with one attached hydrogen (secondary N) is 1. The maximum Gasteiger partial charge on any atom is 0.333 e. The zero-order chi connectivity index (χ0) is 19.5. The third-order valence-electron chi connectivity index (χ3n) is 3.82. The van der Waals surface area contributed by atoms with Crippen LogP contribution in [-0.4, -0.2) is 36.8 Å². The molecule has 0 aliphatic heterocycles. The molecule has 144 valence electrons. The van der Waals surface area contributed by atoms with Gasteiger partial charge in [0.05, 0.1) is 0 Å². The molecule has 0 fully saturated rings. The van der Waals surface area contributed by atoms with Crippen molar-refractivity contribution in [3.8, 4) is 5.75 Å². The summed E-state index contributed by atoms with van der Waals surface area (Å²) in [6.45, 7) is 2.30. The number of carboxylic acid groups (broad SMARTS) is 1. The van der Waals surface area contributed by atoms with Crippen LogP contribution in [0.25, 0.3) is 0 Å². The van der Waals surface area contributed by atoms with E-state index in [1.165, 1.54) is 0 Å². The van der Waals surface area contributed by atoms with Crippen LogP contribution in [0.1, 0.15) is 24.2 Å². The molecule has 0 aliphatic rings. The lowest BCUT2D eigenvalue weighted by Crippen LogP contribution is -2.26. The predicted molar refractivity (Wildman–Crippen MR) is 98.2 cm³/mol. The van der Waals surface area contributed by atoms with E-state index in [0.29, 0.717) is 18.8 Å². The molecular weight excluding hydrogens is 350 g/mol. The van der Waals surface area contributed by atoms with Gasteiger partial charge in [-0.1, -0.05) is 42.5 Å². The van der Waals surface area contributed by atoms with Gasteiger partial charge in [-0.25, -0.2) is 10.3 Å². The molecule has 0 bridgehead atoms. The summed E-state index contributed by atoms with van der Waals surface area (Å²) in [5, 5.41) is 9.15. The summed E-state index contributed by atoms with van der Waals surface area (Å²) < 4.78 is 11.0. The summed E-state index contributed by atoms with van der Waals surface area (Å²) in [5.74, 6) is -0.375. The van der Waals surface area contributed by atoms with Gasteiger partial charge in [0.1, 0.15) is 18.5 Å². The molecule has 0 aliphatic carbocycles. The molecule has 7 nitrogen and oxygen atoms in total. The van der Waals surface area contributed by atoms with Crippen molar-refractivity contribution in [2.75, 3.05) is 13.2 Å². The van der Waals surface area contributed by atoms with Crippen molar-refractivity contribution in [2.45, 2.75) is 25.6 Å². The summed E-state index contributed by atoms with van der Waals surface area (Å²) in [6, 6.07) is 16.5. The van der Waals surface area contributed by atoms with E-state index in [4.69, 9.17) is 19.4 Å². The van der Waals surface area contributed by atoms with Crippen LogP contribution in [0, 0.1) is 0 Å². The highest BCUT2D eigenvalue weighted by atomic mass is 16.7. The van der Waals surface area contributed by atoms with Crippen molar-refractivity contribution >= 4 is 12.4 Å². The second kappa shape index (κ2) is 10.9. The molecule has 2 atom stereocenters.